The number of nitrogens with zero attached hydrogens (tertiary/aromatic N) is 2. The Labute approximate surface area is 164 Å². The summed E-state index contributed by atoms with van der Waals surface area (Å²) >= 11 is 0. The highest BCUT2D eigenvalue weighted by atomic mass is 16.5. The SMILES string of the molecule is CC(C)N1CCOCC1c1ccc(C2CN(C(C)C)C(C3CC3)CO2)cc1. The average Bonchev–Trinajstić information content (AvgIpc) is 3.53. The summed E-state index contributed by atoms with van der Waals surface area (Å²) in [6.45, 7) is 13.8. The minimum Gasteiger partial charge on any atom is -0.378 e. The smallest absolute Gasteiger partial charge is 0.0952 e. The van der Waals surface area contributed by atoms with E-state index in [0.29, 0.717) is 24.2 Å². The van der Waals surface area contributed by atoms with Gasteiger partial charge in [-0.1, -0.05) is 24.3 Å². The second-order valence-electron chi connectivity index (χ2n) is 9.11. The Balaban J connectivity index is 1.45. The van der Waals surface area contributed by atoms with Crippen molar-refractivity contribution in [3.8, 4) is 0 Å². The molecule has 4 rings (SSSR count). The molecule has 0 aromatic heterocycles. The van der Waals surface area contributed by atoms with Crippen LogP contribution >= 0.6 is 0 Å². The van der Waals surface area contributed by atoms with E-state index in [-0.39, 0.29) is 6.10 Å². The first-order valence-electron chi connectivity index (χ1n) is 10.8. The third-order valence-electron chi connectivity index (χ3n) is 6.63. The van der Waals surface area contributed by atoms with Gasteiger partial charge in [-0.2, -0.15) is 0 Å². The van der Waals surface area contributed by atoms with E-state index in [2.05, 4.69) is 61.8 Å². The molecule has 1 aliphatic carbocycles. The molecule has 0 amide bonds. The van der Waals surface area contributed by atoms with E-state index in [1.165, 1.54) is 24.0 Å². The molecule has 150 valence electrons. The predicted molar refractivity (Wildman–Crippen MR) is 109 cm³/mol. The van der Waals surface area contributed by atoms with Gasteiger partial charge in [-0.3, -0.25) is 9.80 Å². The van der Waals surface area contributed by atoms with Crippen LogP contribution in [0.5, 0.6) is 0 Å². The average molecular weight is 373 g/mol. The molecule has 3 unspecified atom stereocenters. The summed E-state index contributed by atoms with van der Waals surface area (Å²) in [5, 5.41) is 0. The fourth-order valence-electron chi connectivity index (χ4n) is 4.83. The molecule has 0 N–H and O–H groups in total. The van der Waals surface area contributed by atoms with Crippen LogP contribution in [-0.4, -0.2) is 60.8 Å². The molecule has 27 heavy (non-hydrogen) atoms. The lowest BCUT2D eigenvalue weighted by atomic mass is 9.98. The molecule has 4 heteroatoms. The number of benzene rings is 1. The molecule has 3 aliphatic rings. The normalized spacial score (nSPS) is 31.0. The summed E-state index contributed by atoms with van der Waals surface area (Å²) in [4.78, 5) is 5.23. The van der Waals surface area contributed by atoms with E-state index in [9.17, 15) is 0 Å². The lowest BCUT2D eigenvalue weighted by Crippen LogP contribution is -2.50. The van der Waals surface area contributed by atoms with Crippen molar-refractivity contribution >= 4 is 0 Å². The number of hydrogen-bond donors (Lipinski definition) is 0. The van der Waals surface area contributed by atoms with Crippen LogP contribution in [0.3, 0.4) is 0 Å². The van der Waals surface area contributed by atoms with E-state index >= 15 is 0 Å². The van der Waals surface area contributed by atoms with Gasteiger partial charge in [0.25, 0.3) is 0 Å². The maximum absolute atomic E-state index is 6.33. The van der Waals surface area contributed by atoms with Crippen LogP contribution in [0.25, 0.3) is 0 Å². The Morgan fingerprint density at radius 2 is 1.56 bits per heavy atom. The zero-order valence-electron chi connectivity index (χ0n) is 17.4. The summed E-state index contributed by atoms with van der Waals surface area (Å²) in [6, 6.07) is 11.3. The number of hydrogen-bond acceptors (Lipinski definition) is 4. The van der Waals surface area contributed by atoms with Gasteiger partial charge in [-0.15, -0.1) is 0 Å². The Hall–Kier alpha value is -0.940. The van der Waals surface area contributed by atoms with Gasteiger partial charge in [-0.25, -0.2) is 0 Å². The van der Waals surface area contributed by atoms with Crippen LogP contribution < -0.4 is 0 Å². The van der Waals surface area contributed by atoms with Crippen molar-refractivity contribution in [2.75, 3.05) is 32.9 Å². The lowest BCUT2D eigenvalue weighted by molar-refractivity contribution is -0.0826. The monoisotopic (exact) mass is 372 g/mol. The van der Waals surface area contributed by atoms with Gasteiger partial charge < -0.3 is 9.47 Å². The van der Waals surface area contributed by atoms with Crippen molar-refractivity contribution in [3.63, 3.8) is 0 Å². The van der Waals surface area contributed by atoms with Crippen LogP contribution in [0.15, 0.2) is 24.3 Å². The minimum atomic E-state index is 0.195. The van der Waals surface area contributed by atoms with Gasteiger partial charge in [0.1, 0.15) is 0 Å². The summed E-state index contributed by atoms with van der Waals surface area (Å²) in [6.07, 6.45) is 2.96. The largest absolute Gasteiger partial charge is 0.378 e. The zero-order chi connectivity index (χ0) is 19.0. The van der Waals surface area contributed by atoms with Crippen LogP contribution in [0.1, 0.15) is 63.8 Å². The maximum atomic E-state index is 6.33. The highest BCUT2D eigenvalue weighted by molar-refractivity contribution is 5.28. The topological polar surface area (TPSA) is 24.9 Å². The van der Waals surface area contributed by atoms with Gasteiger partial charge in [0.15, 0.2) is 0 Å². The quantitative estimate of drug-likeness (QED) is 0.779. The van der Waals surface area contributed by atoms with Crippen LogP contribution in [0.2, 0.25) is 0 Å². The fraction of sp³-hybridized carbons (Fsp3) is 0.739. The molecule has 1 aromatic rings. The molecule has 3 fully saturated rings. The lowest BCUT2D eigenvalue weighted by Gasteiger charge is -2.42. The summed E-state index contributed by atoms with van der Waals surface area (Å²) in [5.74, 6) is 0.865. The van der Waals surface area contributed by atoms with E-state index in [4.69, 9.17) is 9.47 Å². The van der Waals surface area contributed by atoms with Crippen molar-refractivity contribution in [1.29, 1.82) is 0 Å². The Bertz CT molecular complexity index is 611. The minimum absolute atomic E-state index is 0.195. The first-order valence-corrected chi connectivity index (χ1v) is 10.8. The van der Waals surface area contributed by atoms with Gasteiger partial charge in [0.05, 0.1) is 32.0 Å². The third kappa shape index (κ3) is 4.24. The third-order valence-corrected chi connectivity index (χ3v) is 6.63. The summed E-state index contributed by atoms with van der Waals surface area (Å²) in [5.41, 5.74) is 2.67. The second kappa shape index (κ2) is 8.20. The molecule has 2 aliphatic heterocycles. The van der Waals surface area contributed by atoms with Crippen LogP contribution in [0, 0.1) is 5.92 Å². The molecule has 2 saturated heterocycles. The van der Waals surface area contributed by atoms with Crippen molar-refractivity contribution in [2.45, 2.75) is 70.8 Å². The maximum Gasteiger partial charge on any atom is 0.0952 e. The molecular formula is C23H36N2O2. The van der Waals surface area contributed by atoms with Gasteiger partial charge in [0, 0.05) is 31.2 Å². The van der Waals surface area contributed by atoms with Crippen molar-refractivity contribution < 1.29 is 9.47 Å². The predicted octanol–water partition coefficient (Wildman–Crippen LogP) is 4.03. The van der Waals surface area contributed by atoms with Gasteiger partial charge in [-0.05, 0) is 57.6 Å². The van der Waals surface area contributed by atoms with Crippen molar-refractivity contribution in [2.24, 2.45) is 5.92 Å². The van der Waals surface area contributed by atoms with E-state index in [1.807, 2.05) is 0 Å². The molecule has 0 spiro atoms. The summed E-state index contributed by atoms with van der Waals surface area (Å²) in [7, 11) is 0. The van der Waals surface area contributed by atoms with Crippen molar-refractivity contribution in [3.05, 3.63) is 35.4 Å². The van der Waals surface area contributed by atoms with Crippen LogP contribution in [-0.2, 0) is 9.47 Å². The van der Waals surface area contributed by atoms with E-state index < -0.39 is 0 Å². The Morgan fingerprint density at radius 1 is 0.889 bits per heavy atom. The number of rotatable bonds is 5. The zero-order valence-corrected chi connectivity index (χ0v) is 17.4. The molecule has 3 atom stereocenters. The molecule has 0 bridgehead atoms. The fourth-order valence-corrected chi connectivity index (χ4v) is 4.83. The Morgan fingerprint density at radius 3 is 2.19 bits per heavy atom. The number of ether oxygens (including phenoxy) is 2. The number of morpholine rings is 2. The standard InChI is InChI=1S/C23H36N2O2/c1-16(2)24-11-12-26-14-21(24)18-7-9-20(10-8-18)23-13-25(17(3)4)22(15-27-23)19-5-6-19/h7-10,16-17,19,21-23H,5-6,11-15H2,1-4H3. The van der Waals surface area contributed by atoms with Gasteiger partial charge in [0.2, 0.25) is 0 Å². The first kappa shape index (κ1) is 19.4. The van der Waals surface area contributed by atoms with Crippen molar-refractivity contribution in [1.82, 2.24) is 9.80 Å². The van der Waals surface area contributed by atoms with E-state index in [0.717, 1.165) is 38.8 Å². The molecule has 4 nitrogen and oxygen atoms in total. The molecule has 2 heterocycles. The second-order valence-corrected chi connectivity index (χ2v) is 9.11. The molecule has 1 aromatic carbocycles. The molecule has 1 saturated carbocycles. The highest BCUT2D eigenvalue weighted by Crippen LogP contribution is 2.40. The first-order chi connectivity index (χ1) is 13.0. The summed E-state index contributed by atoms with van der Waals surface area (Å²) < 4.78 is 12.1. The highest BCUT2D eigenvalue weighted by Gasteiger charge is 2.40. The van der Waals surface area contributed by atoms with E-state index in [1.54, 1.807) is 0 Å². The van der Waals surface area contributed by atoms with Crippen LogP contribution in [0.4, 0.5) is 0 Å². The molecule has 0 radical (unpaired) electrons. The van der Waals surface area contributed by atoms with Gasteiger partial charge >= 0.3 is 0 Å². The molecular weight excluding hydrogens is 336 g/mol. The Kier molecular flexibility index (Phi) is 5.89.